The maximum absolute atomic E-state index is 12.6. The number of ether oxygens (including phenoxy) is 2. The lowest BCUT2D eigenvalue weighted by Gasteiger charge is -2.12. The van der Waals surface area contributed by atoms with Crippen LogP contribution in [0.5, 0.6) is 11.5 Å². The van der Waals surface area contributed by atoms with Crippen LogP contribution in [-0.4, -0.2) is 18.0 Å². The molecule has 0 atom stereocenters. The second kappa shape index (κ2) is 9.30. The number of carbonyl (C=O) groups excluding carboxylic acids is 1. The van der Waals surface area contributed by atoms with Crippen LogP contribution in [0.25, 0.3) is 0 Å². The predicted octanol–water partition coefficient (Wildman–Crippen LogP) is 4.62. The molecule has 8 heteroatoms. The van der Waals surface area contributed by atoms with E-state index in [0.29, 0.717) is 23.7 Å². The van der Waals surface area contributed by atoms with Gasteiger partial charge in [-0.3, -0.25) is 9.78 Å². The van der Waals surface area contributed by atoms with Crippen molar-refractivity contribution in [1.29, 1.82) is 0 Å². The van der Waals surface area contributed by atoms with Gasteiger partial charge in [-0.05, 0) is 29.3 Å². The average molecular weight is 416 g/mol. The van der Waals surface area contributed by atoms with Gasteiger partial charge in [0.2, 0.25) is 0 Å². The van der Waals surface area contributed by atoms with E-state index in [2.05, 4.69) is 10.3 Å². The molecule has 1 aromatic heterocycles. The zero-order chi connectivity index (χ0) is 21.6. The number of pyridine rings is 1. The topological polar surface area (TPSA) is 60.5 Å². The Balaban J connectivity index is 1.62. The highest BCUT2D eigenvalue weighted by molar-refractivity contribution is 5.97. The number of amides is 1. The highest BCUT2D eigenvalue weighted by atomic mass is 19.4. The van der Waals surface area contributed by atoms with Gasteiger partial charge in [-0.2, -0.15) is 13.2 Å². The van der Waals surface area contributed by atoms with E-state index in [4.69, 9.17) is 9.47 Å². The Morgan fingerprint density at radius 1 is 1.03 bits per heavy atom. The zero-order valence-corrected chi connectivity index (χ0v) is 16.1. The molecule has 156 valence electrons. The number of hydrogen-bond donors (Lipinski definition) is 1. The number of nitrogens with zero attached hydrogens (tertiary/aromatic N) is 1. The summed E-state index contributed by atoms with van der Waals surface area (Å²) in [6, 6.07) is 16.6. The zero-order valence-electron chi connectivity index (χ0n) is 16.1. The van der Waals surface area contributed by atoms with Crippen molar-refractivity contribution in [2.45, 2.75) is 19.3 Å². The molecule has 0 fully saturated rings. The van der Waals surface area contributed by atoms with Gasteiger partial charge >= 0.3 is 6.18 Å². The number of methoxy groups -OCH3 is 1. The predicted molar refractivity (Wildman–Crippen MR) is 104 cm³/mol. The summed E-state index contributed by atoms with van der Waals surface area (Å²) in [5.41, 5.74) is 0.747. The fourth-order valence-electron chi connectivity index (χ4n) is 2.66. The first-order chi connectivity index (χ1) is 14.4. The van der Waals surface area contributed by atoms with Gasteiger partial charge in [0.1, 0.15) is 23.8 Å². The summed E-state index contributed by atoms with van der Waals surface area (Å²) >= 11 is 0. The largest absolute Gasteiger partial charge is 0.496 e. The molecule has 0 saturated carbocycles. The van der Waals surface area contributed by atoms with Crippen LogP contribution < -0.4 is 14.8 Å². The van der Waals surface area contributed by atoms with Crippen LogP contribution in [0.1, 0.15) is 27.2 Å². The second-order valence-corrected chi connectivity index (χ2v) is 6.37. The normalized spacial score (nSPS) is 11.1. The Labute approximate surface area is 171 Å². The maximum atomic E-state index is 12.6. The van der Waals surface area contributed by atoms with Crippen LogP contribution in [0.3, 0.4) is 0 Å². The Morgan fingerprint density at radius 2 is 1.80 bits per heavy atom. The fourth-order valence-corrected chi connectivity index (χ4v) is 2.66. The lowest BCUT2D eigenvalue weighted by molar-refractivity contribution is -0.141. The molecule has 3 rings (SSSR count). The molecule has 0 aliphatic carbocycles. The summed E-state index contributed by atoms with van der Waals surface area (Å²) in [6.45, 7) is 0.399. The standard InChI is InChI=1S/C22H19F3N2O3/c1-29-19-11-17(30-14-15-5-3-2-4-6-15)8-9-18(19)21(28)27-13-16-7-10-20(26-12-16)22(23,24)25/h2-12H,13-14H2,1H3,(H,27,28). The summed E-state index contributed by atoms with van der Waals surface area (Å²) in [4.78, 5) is 15.9. The van der Waals surface area contributed by atoms with E-state index in [9.17, 15) is 18.0 Å². The molecule has 0 aliphatic heterocycles. The monoisotopic (exact) mass is 416 g/mol. The van der Waals surface area contributed by atoms with Crippen molar-refractivity contribution in [2.24, 2.45) is 0 Å². The molecular weight excluding hydrogens is 397 g/mol. The number of hydrogen-bond acceptors (Lipinski definition) is 4. The molecule has 1 heterocycles. The molecular formula is C22H19F3N2O3. The molecule has 0 saturated heterocycles. The minimum Gasteiger partial charge on any atom is -0.496 e. The molecule has 0 radical (unpaired) electrons. The van der Waals surface area contributed by atoms with Crippen LogP contribution >= 0.6 is 0 Å². The molecule has 0 unspecified atom stereocenters. The number of aromatic nitrogens is 1. The first kappa shape index (κ1) is 21.2. The Morgan fingerprint density at radius 3 is 2.43 bits per heavy atom. The first-order valence-corrected chi connectivity index (χ1v) is 9.02. The van der Waals surface area contributed by atoms with E-state index in [1.165, 1.54) is 13.2 Å². The lowest BCUT2D eigenvalue weighted by atomic mass is 10.1. The Bertz CT molecular complexity index is 991. The van der Waals surface area contributed by atoms with Gasteiger partial charge in [0.05, 0.1) is 12.7 Å². The van der Waals surface area contributed by atoms with Crippen molar-refractivity contribution in [3.05, 3.63) is 89.2 Å². The highest BCUT2D eigenvalue weighted by Gasteiger charge is 2.32. The van der Waals surface area contributed by atoms with Gasteiger partial charge in [0.25, 0.3) is 5.91 Å². The van der Waals surface area contributed by atoms with Crippen LogP contribution in [-0.2, 0) is 19.3 Å². The molecule has 2 aromatic carbocycles. The van der Waals surface area contributed by atoms with Gasteiger partial charge in [0, 0.05) is 18.8 Å². The van der Waals surface area contributed by atoms with Crippen LogP contribution in [0.2, 0.25) is 0 Å². The van der Waals surface area contributed by atoms with Gasteiger partial charge in [-0.15, -0.1) is 0 Å². The highest BCUT2D eigenvalue weighted by Crippen LogP contribution is 2.27. The Hall–Kier alpha value is -3.55. The minimum atomic E-state index is -4.50. The van der Waals surface area contributed by atoms with Crippen molar-refractivity contribution in [1.82, 2.24) is 10.3 Å². The molecule has 0 bridgehead atoms. The number of rotatable bonds is 7. The summed E-state index contributed by atoms with van der Waals surface area (Å²) in [7, 11) is 1.44. The molecule has 0 spiro atoms. The van der Waals surface area contributed by atoms with Gasteiger partial charge in [-0.1, -0.05) is 36.4 Å². The third kappa shape index (κ3) is 5.50. The van der Waals surface area contributed by atoms with Crippen LogP contribution in [0, 0.1) is 0 Å². The number of benzene rings is 2. The summed E-state index contributed by atoms with van der Waals surface area (Å²) in [5, 5.41) is 2.64. The number of alkyl halides is 3. The van der Waals surface area contributed by atoms with E-state index in [1.54, 1.807) is 18.2 Å². The molecule has 30 heavy (non-hydrogen) atoms. The van der Waals surface area contributed by atoms with Crippen molar-refractivity contribution in [2.75, 3.05) is 7.11 Å². The number of nitrogens with one attached hydrogen (secondary N) is 1. The summed E-state index contributed by atoms with van der Waals surface area (Å²) in [6.07, 6.45) is -3.42. The SMILES string of the molecule is COc1cc(OCc2ccccc2)ccc1C(=O)NCc1ccc(C(F)(F)F)nc1. The smallest absolute Gasteiger partial charge is 0.433 e. The fraction of sp³-hybridized carbons (Fsp3) is 0.182. The maximum Gasteiger partial charge on any atom is 0.433 e. The van der Waals surface area contributed by atoms with Crippen LogP contribution in [0.4, 0.5) is 13.2 Å². The van der Waals surface area contributed by atoms with E-state index < -0.39 is 17.8 Å². The molecule has 0 aliphatic rings. The van der Waals surface area contributed by atoms with E-state index in [1.807, 2.05) is 30.3 Å². The summed E-state index contributed by atoms with van der Waals surface area (Å²) in [5.74, 6) is 0.434. The van der Waals surface area contributed by atoms with Crippen molar-refractivity contribution in [3.63, 3.8) is 0 Å². The third-order valence-electron chi connectivity index (χ3n) is 4.23. The average Bonchev–Trinajstić information content (AvgIpc) is 2.76. The second-order valence-electron chi connectivity index (χ2n) is 6.37. The summed E-state index contributed by atoms with van der Waals surface area (Å²) < 4.78 is 48.7. The molecule has 1 N–H and O–H groups in total. The molecule has 5 nitrogen and oxygen atoms in total. The molecule has 3 aromatic rings. The van der Waals surface area contributed by atoms with E-state index >= 15 is 0 Å². The number of halogens is 3. The van der Waals surface area contributed by atoms with Crippen molar-refractivity contribution < 1.29 is 27.4 Å². The first-order valence-electron chi connectivity index (χ1n) is 9.02. The van der Waals surface area contributed by atoms with Crippen molar-refractivity contribution in [3.8, 4) is 11.5 Å². The van der Waals surface area contributed by atoms with E-state index in [0.717, 1.165) is 17.8 Å². The minimum absolute atomic E-state index is 0.0272. The van der Waals surface area contributed by atoms with Crippen molar-refractivity contribution >= 4 is 5.91 Å². The lowest BCUT2D eigenvalue weighted by Crippen LogP contribution is -2.23. The van der Waals surface area contributed by atoms with Gasteiger partial charge < -0.3 is 14.8 Å². The van der Waals surface area contributed by atoms with Crippen LogP contribution in [0.15, 0.2) is 66.9 Å². The van der Waals surface area contributed by atoms with Gasteiger partial charge in [0.15, 0.2) is 0 Å². The number of carbonyl (C=O) groups is 1. The van der Waals surface area contributed by atoms with Gasteiger partial charge in [-0.25, -0.2) is 0 Å². The third-order valence-corrected chi connectivity index (χ3v) is 4.23. The Kier molecular flexibility index (Phi) is 6.56. The molecule has 1 amide bonds. The quantitative estimate of drug-likeness (QED) is 0.611. The van der Waals surface area contributed by atoms with E-state index in [-0.39, 0.29) is 12.1 Å².